The Morgan fingerprint density at radius 2 is 2.00 bits per heavy atom. The molecule has 0 amide bonds. The third-order valence-corrected chi connectivity index (χ3v) is 2.61. The lowest BCUT2D eigenvalue weighted by Crippen LogP contribution is -2.03. The highest BCUT2D eigenvalue weighted by Crippen LogP contribution is 2.16. The molecule has 0 fully saturated rings. The number of carbonyl (C=O) groups excluding carboxylic acids is 1. The summed E-state index contributed by atoms with van der Waals surface area (Å²) in [5.41, 5.74) is 1.05. The summed E-state index contributed by atoms with van der Waals surface area (Å²) in [5.74, 6) is -1.88. The molecule has 0 aliphatic carbocycles. The van der Waals surface area contributed by atoms with Gasteiger partial charge in [-0.25, -0.2) is 9.18 Å². The molecular formula is C13H10FNO3. The summed E-state index contributed by atoms with van der Waals surface area (Å²) >= 11 is 0. The zero-order valence-corrected chi connectivity index (χ0v) is 9.53. The second-order valence-electron chi connectivity index (χ2n) is 3.90. The largest absolute Gasteiger partial charge is 0.477 e. The molecule has 1 aromatic carbocycles. The van der Waals surface area contributed by atoms with Gasteiger partial charge in [0.1, 0.15) is 11.5 Å². The van der Waals surface area contributed by atoms with E-state index in [2.05, 4.69) is 4.98 Å². The Balaban J connectivity index is 2.38. The summed E-state index contributed by atoms with van der Waals surface area (Å²) in [7, 11) is 0. The first-order valence-corrected chi connectivity index (χ1v) is 5.21. The van der Waals surface area contributed by atoms with E-state index in [4.69, 9.17) is 5.11 Å². The van der Waals surface area contributed by atoms with Crippen LogP contribution in [0.1, 0.15) is 32.0 Å². The van der Waals surface area contributed by atoms with Crippen LogP contribution in [0.25, 0.3) is 0 Å². The summed E-state index contributed by atoms with van der Waals surface area (Å²) in [5, 5.41) is 8.75. The van der Waals surface area contributed by atoms with Gasteiger partial charge >= 0.3 is 5.97 Å². The number of H-pyrrole nitrogens is 1. The van der Waals surface area contributed by atoms with E-state index < -0.39 is 11.8 Å². The highest BCUT2D eigenvalue weighted by atomic mass is 19.1. The number of aryl methyl sites for hydroxylation is 1. The number of ketones is 1. The van der Waals surface area contributed by atoms with Crippen LogP contribution in [-0.2, 0) is 0 Å². The third kappa shape index (κ3) is 2.15. The number of nitrogens with one attached hydrogen (secondary N) is 1. The maximum atomic E-state index is 12.9. The zero-order valence-electron chi connectivity index (χ0n) is 9.53. The first-order valence-electron chi connectivity index (χ1n) is 5.21. The van der Waals surface area contributed by atoms with E-state index in [1.54, 1.807) is 6.92 Å². The third-order valence-electron chi connectivity index (χ3n) is 2.61. The monoisotopic (exact) mass is 247 g/mol. The van der Waals surface area contributed by atoms with Crippen molar-refractivity contribution < 1.29 is 19.1 Å². The van der Waals surface area contributed by atoms with Gasteiger partial charge < -0.3 is 10.1 Å². The molecule has 0 aliphatic rings. The molecule has 92 valence electrons. The van der Waals surface area contributed by atoms with E-state index in [0.29, 0.717) is 11.1 Å². The van der Waals surface area contributed by atoms with Crippen molar-refractivity contribution in [1.29, 1.82) is 0 Å². The molecular weight excluding hydrogens is 237 g/mol. The SMILES string of the molecule is Cc1cc(F)ccc1C(=O)c1c[nH]c(C(=O)O)c1. The minimum absolute atomic E-state index is 0.0573. The number of rotatable bonds is 3. The molecule has 2 aromatic rings. The van der Waals surface area contributed by atoms with Crippen LogP contribution in [0.4, 0.5) is 4.39 Å². The fraction of sp³-hybridized carbons (Fsp3) is 0.0769. The molecule has 0 bridgehead atoms. The molecule has 1 heterocycles. The Hall–Kier alpha value is -2.43. The number of hydrogen-bond donors (Lipinski definition) is 2. The molecule has 0 unspecified atom stereocenters. The van der Waals surface area contributed by atoms with E-state index in [-0.39, 0.29) is 17.0 Å². The van der Waals surface area contributed by atoms with Crippen molar-refractivity contribution in [3.63, 3.8) is 0 Å². The van der Waals surface area contributed by atoms with Crippen molar-refractivity contribution in [2.24, 2.45) is 0 Å². The molecule has 0 saturated heterocycles. The Morgan fingerprint density at radius 1 is 1.28 bits per heavy atom. The van der Waals surface area contributed by atoms with Gasteiger partial charge in [0.2, 0.25) is 0 Å². The second-order valence-corrected chi connectivity index (χ2v) is 3.90. The minimum atomic E-state index is -1.13. The molecule has 2 N–H and O–H groups in total. The van der Waals surface area contributed by atoms with Crippen LogP contribution in [0.3, 0.4) is 0 Å². The van der Waals surface area contributed by atoms with Gasteiger partial charge in [-0.2, -0.15) is 0 Å². The molecule has 2 rings (SSSR count). The molecule has 0 aliphatic heterocycles. The first-order chi connectivity index (χ1) is 8.49. The van der Waals surface area contributed by atoms with Crippen LogP contribution < -0.4 is 0 Å². The maximum absolute atomic E-state index is 12.9. The Kier molecular flexibility index (Phi) is 2.97. The first kappa shape index (κ1) is 12.0. The van der Waals surface area contributed by atoms with Gasteiger partial charge in [0.25, 0.3) is 0 Å². The molecule has 18 heavy (non-hydrogen) atoms. The van der Waals surface area contributed by atoms with Gasteiger partial charge in [-0.3, -0.25) is 4.79 Å². The number of benzene rings is 1. The number of aromatic carboxylic acids is 1. The van der Waals surface area contributed by atoms with E-state index in [1.165, 1.54) is 30.5 Å². The maximum Gasteiger partial charge on any atom is 0.352 e. The second kappa shape index (κ2) is 4.44. The zero-order chi connectivity index (χ0) is 13.3. The molecule has 0 spiro atoms. The highest BCUT2D eigenvalue weighted by Gasteiger charge is 2.15. The van der Waals surface area contributed by atoms with Crippen LogP contribution in [0.2, 0.25) is 0 Å². The number of carbonyl (C=O) groups is 2. The standard InChI is InChI=1S/C13H10FNO3/c1-7-4-9(14)2-3-10(7)12(16)8-5-11(13(17)18)15-6-8/h2-6,15H,1H3,(H,17,18). The predicted octanol–water partition coefficient (Wildman–Crippen LogP) is 2.39. The molecule has 0 radical (unpaired) electrons. The van der Waals surface area contributed by atoms with Crippen molar-refractivity contribution in [1.82, 2.24) is 4.98 Å². The highest BCUT2D eigenvalue weighted by molar-refractivity contribution is 6.10. The average Bonchev–Trinajstić information content (AvgIpc) is 2.77. The molecule has 0 atom stereocenters. The number of hydrogen-bond acceptors (Lipinski definition) is 2. The van der Waals surface area contributed by atoms with Crippen LogP contribution >= 0.6 is 0 Å². The summed E-state index contributed by atoms with van der Waals surface area (Å²) in [6.45, 7) is 1.63. The number of aromatic amines is 1. The molecule has 5 heteroatoms. The summed E-state index contributed by atoms with van der Waals surface area (Å²) in [6, 6.07) is 5.11. The van der Waals surface area contributed by atoms with Crippen molar-refractivity contribution in [3.8, 4) is 0 Å². The van der Waals surface area contributed by atoms with Gasteiger partial charge in [-0.1, -0.05) is 0 Å². The Bertz CT molecular complexity index is 631. The number of carboxylic acid groups (broad SMARTS) is 1. The van der Waals surface area contributed by atoms with Crippen LogP contribution in [0.15, 0.2) is 30.5 Å². The van der Waals surface area contributed by atoms with E-state index in [0.717, 1.165) is 0 Å². The van der Waals surface area contributed by atoms with Crippen LogP contribution in [0, 0.1) is 12.7 Å². The van der Waals surface area contributed by atoms with Crippen molar-refractivity contribution >= 4 is 11.8 Å². The number of halogens is 1. The van der Waals surface area contributed by atoms with Crippen molar-refractivity contribution in [2.45, 2.75) is 6.92 Å². The van der Waals surface area contributed by atoms with Gasteiger partial charge in [0.15, 0.2) is 5.78 Å². The van der Waals surface area contributed by atoms with Crippen LogP contribution in [0.5, 0.6) is 0 Å². The predicted molar refractivity (Wildman–Crippen MR) is 62.3 cm³/mol. The number of carboxylic acids is 1. The Morgan fingerprint density at radius 3 is 2.56 bits per heavy atom. The summed E-state index contributed by atoms with van der Waals surface area (Å²) in [6.07, 6.45) is 1.33. The minimum Gasteiger partial charge on any atom is -0.477 e. The average molecular weight is 247 g/mol. The molecule has 1 aromatic heterocycles. The van der Waals surface area contributed by atoms with Gasteiger partial charge in [-0.05, 0) is 36.8 Å². The summed E-state index contributed by atoms with van der Waals surface area (Å²) < 4.78 is 12.9. The van der Waals surface area contributed by atoms with E-state index in [1.807, 2.05) is 0 Å². The van der Waals surface area contributed by atoms with Crippen molar-refractivity contribution in [2.75, 3.05) is 0 Å². The number of aromatic nitrogens is 1. The van der Waals surface area contributed by atoms with Crippen molar-refractivity contribution in [3.05, 3.63) is 58.7 Å². The normalized spacial score (nSPS) is 10.3. The molecule has 0 saturated carbocycles. The lowest BCUT2D eigenvalue weighted by molar-refractivity contribution is 0.0691. The van der Waals surface area contributed by atoms with Gasteiger partial charge in [0.05, 0.1) is 0 Å². The fourth-order valence-corrected chi connectivity index (χ4v) is 1.69. The lowest BCUT2D eigenvalue weighted by atomic mass is 10.0. The Labute approximate surface area is 102 Å². The molecule has 4 nitrogen and oxygen atoms in total. The summed E-state index contributed by atoms with van der Waals surface area (Å²) in [4.78, 5) is 25.3. The smallest absolute Gasteiger partial charge is 0.352 e. The van der Waals surface area contributed by atoms with Gasteiger partial charge in [-0.15, -0.1) is 0 Å². The van der Waals surface area contributed by atoms with Crippen LogP contribution in [-0.4, -0.2) is 21.8 Å². The fourth-order valence-electron chi connectivity index (χ4n) is 1.69. The topological polar surface area (TPSA) is 70.2 Å². The quantitative estimate of drug-likeness (QED) is 0.818. The van der Waals surface area contributed by atoms with E-state index in [9.17, 15) is 14.0 Å². The van der Waals surface area contributed by atoms with Gasteiger partial charge in [0, 0.05) is 17.3 Å². The lowest BCUT2D eigenvalue weighted by Gasteiger charge is -2.02. The van der Waals surface area contributed by atoms with E-state index >= 15 is 0 Å².